The Morgan fingerprint density at radius 3 is 2.23 bits per heavy atom. The molecule has 22 heavy (non-hydrogen) atoms. The highest BCUT2D eigenvalue weighted by atomic mass is 19.1. The average Bonchev–Trinajstić information content (AvgIpc) is 2.56. The third-order valence-electron chi connectivity index (χ3n) is 4.11. The molecule has 1 aliphatic rings. The SMILES string of the molecule is Cc1ccccc1N1CCN(C(=O)c2ccc(F)cc2)CC1. The molecular formula is C18H19FN2O. The molecule has 0 spiro atoms. The van der Waals surface area contributed by atoms with Gasteiger partial charge in [0.05, 0.1) is 0 Å². The van der Waals surface area contributed by atoms with Gasteiger partial charge in [-0.1, -0.05) is 18.2 Å². The van der Waals surface area contributed by atoms with Crippen molar-refractivity contribution in [2.75, 3.05) is 31.1 Å². The number of aryl methyl sites for hydroxylation is 1. The van der Waals surface area contributed by atoms with E-state index in [4.69, 9.17) is 0 Å². The van der Waals surface area contributed by atoms with E-state index < -0.39 is 0 Å². The number of amides is 1. The van der Waals surface area contributed by atoms with Crippen LogP contribution in [0.4, 0.5) is 10.1 Å². The van der Waals surface area contributed by atoms with Crippen LogP contribution < -0.4 is 4.90 Å². The van der Waals surface area contributed by atoms with Gasteiger partial charge in [-0.15, -0.1) is 0 Å². The van der Waals surface area contributed by atoms with Gasteiger partial charge in [-0.2, -0.15) is 0 Å². The number of halogens is 1. The third-order valence-corrected chi connectivity index (χ3v) is 4.11. The lowest BCUT2D eigenvalue weighted by atomic mass is 10.1. The molecule has 1 amide bonds. The van der Waals surface area contributed by atoms with E-state index in [0.717, 1.165) is 13.1 Å². The van der Waals surface area contributed by atoms with E-state index in [9.17, 15) is 9.18 Å². The van der Waals surface area contributed by atoms with E-state index >= 15 is 0 Å². The van der Waals surface area contributed by atoms with Gasteiger partial charge in [0.15, 0.2) is 0 Å². The number of nitrogens with zero attached hydrogens (tertiary/aromatic N) is 2. The van der Waals surface area contributed by atoms with Crippen LogP contribution in [0.5, 0.6) is 0 Å². The Labute approximate surface area is 130 Å². The van der Waals surface area contributed by atoms with Crippen LogP contribution in [0.1, 0.15) is 15.9 Å². The first kappa shape index (κ1) is 14.6. The van der Waals surface area contributed by atoms with Crippen molar-refractivity contribution in [2.24, 2.45) is 0 Å². The van der Waals surface area contributed by atoms with Gasteiger partial charge in [0, 0.05) is 37.4 Å². The summed E-state index contributed by atoms with van der Waals surface area (Å²) in [6, 6.07) is 14.0. The molecule has 2 aromatic rings. The second-order valence-electron chi connectivity index (χ2n) is 5.57. The first-order valence-corrected chi connectivity index (χ1v) is 7.50. The molecule has 0 saturated carbocycles. The van der Waals surface area contributed by atoms with Crippen molar-refractivity contribution in [2.45, 2.75) is 6.92 Å². The van der Waals surface area contributed by atoms with Crippen LogP contribution in [0.25, 0.3) is 0 Å². The zero-order valence-corrected chi connectivity index (χ0v) is 12.6. The Bertz CT molecular complexity index is 661. The van der Waals surface area contributed by atoms with Gasteiger partial charge in [-0.3, -0.25) is 4.79 Å². The Hall–Kier alpha value is -2.36. The summed E-state index contributed by atoms with van der Waals surface area (Å²) < 4.78 is 12.9. The van der Waals surface area contributed by atoms with E-state index in [1.807, 2.05) is 17.0 Å². The molecule has 3 rings (SSSR count). The Kier molecular flexibility index (Phi) is 4.09. The molecule has 0 unspecified atom stereocenters. The minimum atomic E-state index is -0.319. The normalized spacial score (nSPS) is 15.0. The number of carbonyl (C=O) groups excluding carboxylic acids is 1. The number of hydrogen-bond acceptors (Lipinski definition) is 2. The van der Waals surface area contributed by atoms with Gasteiger partial charge >= 0.3 is 0 Å². The fourth-order valence-electron chi connectivity index (χ4n) is 2.84. The standard InChI is InChI=1S/C18H19FN2O/c1-14-4-2-3-5-17(14)20-10-12-21(13-11-20)18(22)15-6-8-16(19)9-7-15/h2-9H,10-13H2,1H3. The molecule has 0 N–H and O–H groups in total. The molecule has 0 aromatic heterocycles. The molecule has 1 saturated heterocycles. The molecule has 114 valence electrons. The summed E-state index contributed by atoms with van der Waals surface area (Å²) in [5.74, 6) is -0.342. The van der Waals surface area contributed by atoms with E-state index in [1.54, 1.807) is 12.1 Å². The highest BCUT2D eigenvalue weighted by Gasteiger charge is 2.22. The number of hydrogen-bond donors (Lipinski definition) is 0. The fourth-order valence-corrected chi connectivity index (χ4v) is 2.84. The maximum Gasteiger partial charge on any atom is 0.253 e. The predicted octanol–water partition coefficient (Wildman–Crippen LogP) is 3.10. The molecule has 0 aliphatic carbocycles. The minimum Gasteiger partial charge on any atom is -0.368 e. The lowest BCUT2D eigenvalue weighted by molar-refractivity contribution is 0.0746. The van der Waals surface area contributed by atoms with Crippen LogP contribution in [0.3, 0.4) is 0 Å². The number of rotatable bonds is 2. The van der Waals surface area contributed by atoms with Gasteiger partial charge in [0.25, 0.3) is 5.91 Å². The summed E-state index contributed by atoms with van der Waals surface area (Å²) >= 11 is 0. The van der Waals surface area contributed by atoms with Crippen molar-refractivity contribution in [3.8, 4) is 0 Å². The van der Waals surface area contributed by atoms with Crippen molar-refractivity contribution in [1.29, 1.82) is 0 Å². The Balaban J connectivity index is 1.65. The quantitative estimate of drug-likeness (QED) is 0.850. The van der Waals surface area contributed by atoms with Crippen LogP contribution >= 0.6 is 0 Å². The lowest BCUT2D eigenvalue weighted by Crippen LogP contribution is -2.49. The lowest BCUT2D eigenvalue weighted by Gasteiger charge is -2.36. The maximum absolute atomic E-state index is 12.9. The molecule has 0 bridgehead atoms. The number of para-hydroxylation sites is 1. The fraction of sp³-hybridized carbons (Fsp3) is 0.278. The number of piperazine rings is 1. The van der Waals surface area contributed by atoms with E-state index in [1.165, 1.54) is 23.4 Å². The topological polar surface area (TPSA) is 23.6 Å². The summed E-state index contributed by atoms with van der Waals surface area (Å²) in [6.07, 6.45) is 0. The van der Waals surface area contributed by atoms with Crippen molar-refractivity contribution in [3.63, 3.8) is 0 Å². The number of anilines is 1. The Morgan fingerprint density at radius 1 is 0.955 bits per heavy atom. The first-order chi connectivity index (χ1) is 10.6. The van der Waals surface area contributed by atoms with E-state index in [0.29, 0.717) is 18.7 Å². The first-order valence-electron chi connectivity index (χ1n) is 7.50. The van der Waals surface area contributed by atoms with Crippen LogP contribution in [0, 0.1) is 12.7 Å². The zero-order chi connectivity index (χ0) is 15.5. The largest absolute Gasteiger partial charge is 0.368 e. The molecule has 1 aliphatic heterocycles. The third kappa shape index (κ3) is 2.96. The highest BCUT2D eigenvalue weighted by Crippen LogP contribution is 2.21. The molecule has 1 fully saturated rings. The molecule has 4 heteroatoms. The van der Waals surface area contributed by atoms with Gasteiger partial charge in [-0.25, -0.2) is 4.39 Å². The Morgan fingerprint density at radius 2 is 1.59 bits per heavy atom. The monoisotopic (exact) mass is 298 g/mol. The number of carbonyl (C=O) groups is 1. The number of benzene rings is 2. The minimum absolute atomic E-state index is 0.0237. The maximum atomic E-state index is 12.9. The van der Waals surface area contributed by atoms with Crippen molar-refractivity contribution >= 4 is 11.6 Å². The highest BCUT2D eigenvalue weighted by molar-refractivity contribution is 5.94. The van der Waals surface area contributed by atoms with E-state index in [2.05, 4.69) is 24.0 Å². The summed E-state index contributed by atoms with van der Waals surface area (Å²) in [5.41, 5.74) is 3.03. The van der Waals surface area contributed by atoms with E-state index in [-0.39, 0.29) is 11.7 Å². The molecule has 2 aromatic carbocycles. The summed E-state index contributed by atoms with van der Waals surface area (Å²) in [6.45, 7) is 5.11. The zero-order valence-electron chi connectivity index (χ0n) is 12.6. The molecule has 3 nitrogen and oxygen atoms in total. The second-order valence-corrected chi connectivity index (χ2v) is 5.57. The van der Waals surface area contributed by atoms with Crippen molar-refractivity contribution in [1.82, 2.24) is 4.90 Å². The molecule has 1 heterocycles. The average molecular weight is 298 g/mol. The molecule has 0 radical (unpaired) electrons. The second kappa shape index (κ2) is 6.18. The van der Waals surface area contributed by atoms with Gasteiger partial charge in [-0.05, 0) is 42.8 Å². The molecule has 0 atom stereocenters. The summed E-state index contributed by atoms with van der Waals surface area (Å²) in [4.78, 5) is 16.6. The van der Waals surface area contributed by atoms with Crippen LogP contribution in [-0.2, 0) is 0 Å². The van der Waals surface area contributed by atoms with Crippen molar-refractivity contribution < 1.29 is 9.18 Å². The summed E-state index contributed by atoms with van der Waals surface area (Å²) in [7, 11) is 0. The van der Waals surface area contributed by atoms with Gasteiger partial charge < -0.3 is 9.80 Å². The van der Waals surface area contributed by atoms with Crippen LogP contribution in [0.2, 0.25) is 0 Å². The van der Waals surface area contributed by atoms with Gasteiger partial charge in [0.2, 0.25) is 0 Å². The van der Waals surface area contributed by atoms with Crippen LogP contribution in [-0.4, -0.2) is 37.0 Å². The molecular weight excluding hydrogens is 279 g/mol. The van der Waals surface area contributed by atoms with Crippen LogP contribution in [0.15, 0.2) is 48.5 Å². The van der Waals surface area contributed by atoms with Gasteiger partial charge in [0.1, 0.15) is 5.82 Å². The smallest absolute Gasteiger partial charge is 0.253 e. The predicted molar refractivity (Wildman–Crippen MR) is 85.7 cm³/mol. The summed E-state index contributed by atoms with van der Waals surface area (Å²) in [5, 5.41) is 0. The van der Waals surface area contributed by atoms with Crippen molar-refractivity contribution in [3.05, 3.63) is 65.5 Å².